The summed E-state index contributed by atoms with van der Waals surface area (Å²) in [6.07, 6.45) is 0.402. The van der Waals surface area contributed by atoms with Crippen molar-refractivity contribution in [2.75, 3.05) is 26.7 Å². The number of hydrogen-bond acceptors (Lipinski definition) is 4. The molecule has 1 saturated heterocycles. The molecule has 1 atom stereocenters. The molecule has 0 saturated carbocycles. The number of ether oxygens (including phenoxy) is 1. The Labute approximate surface area is 167 Å². The standard InChI is InChI=1S/C20H24N2O2.2ClH/c1-24-19(23)14-18-15-21-12-13-22(18)20(16-8-4-2-5-9-16)17-10-6-3-7-11-17;;/h2-11,18,20-21H,12-15H2,1H3;2*1H. The van der Waals surface area contributed by atoms with E-state index in [0.29, 0.717) is 6.42 Å². The zero-order chi connectivity index (χ0) is 16.8. The second-order valence-electron chi connectivity index (χ2n) is 6.10. The van der Waals surface area contributed by atoms with Crippen LogP contribution in [0.4, 0.5) is 0 Å². The molecule has 3 rings (SSSR count). The summed E-state index contributed by atoms with van der Waals surface area (Å²) in [5.41, 5.74) is 2.50. The first-order valence-corrected chi connectivity index (χ1v) is 8.42. The van der Waals surface area contributed by atoms with Gasteiger partial charge < -0.3 is 10.1 Å². The number of nitrogens with one attached hydrogen (secondary N) is 1. The number of nitrogens with zero attached hydrogens (tertiary/aromatic N) is 1. The van der Waals surface area contributed by atoms with Gasteiger partial charge in [-0.1, -0.05) is 60.7 Å². The maximum atomic E-state index is 11.8. The molecule has 1 fully saturated rings. The predicted octanol–water partition coefficient (Wildman–Crippen LogP) is 3.46. The number of hydrogen-bond donors (Lipinski definition) is 1. The van der Waals surface area contributed by atoms with Gasteiger partial charge in [-0.25, -0.2) is 0 Å². The molecule has 0 spiro atoms. The van der Waals surface area contributed by atoms with E-state index in [1.54, 1.807) is 0 Å². The molecule has 1 aliphatic rings. The van der Waals surface area contributed by atoms with E-state index in [0.717, 1.165) is 19.6 Å². The highest BCUT2D eigenvalue weighted by molar-refractivity contribution is 5.85. The molecule has 0 radical (unpaired) electrons. The maximum absolute atomic E-state index is 11.8. The fourth-order valence-corrected chi connectivity index (χ4v) is 3.43. The van der Waals surface area contributed by atoms with Gasteiger partial charge >= 0.3 is 5.97 Å². The summed E-state index contributed by atoms with van der Waals surface area (Å²) < 4.78 is 4.90. The van der Waals surface area contributed by atoms with Crippen LogP contribution in [0.2, 0.25) is 0 Å². The third-order valence-corrected chi connectivity index (χ3v) is 4.59. The van der Waals surface area contributed by atoms with E-state index in [4.69, 9.17) is 4.74 Å². The van der Waals surface area contributed by atoms with Gasteiger partial charge in [-0.15, -0.1) is 24.8 Å². The SMILES string of the molecule is COC(=O)CC1CNCCN1C(c1ccccc1)c1ccccc1.Cl.Cl. The molecule has 1 heterocycles. The van der Waals surface area contributed by atoms with Gasteiger partial charge in [-0.2, -0.15) is 0 Å². The fourth-order valence-electron chi connectivity index (χ4n) is 3.43. The number of carbonyl (C=O) groups excluding carboxylic acids is 1. The summed E-state index contributed by atoms with van der Waals surface area (Å²) >= 11 is 0. The molecular weight excluding hydrogens is 371 g/mol. The van der Waals surface area contributed by atoms with Gasteiger partial charge in [0, 0.05) is 25.7 Å². The molecule has 142 valence electrons. The van der Waals surface area contributed by atoms with Crippen molar-refractivity contribution in [1.82, 2.24) is 10.2 Å². The zero-order valence-electron chi connectivity index (χ0n) is 14.8. The highest BCUT2D eigenvalue weighted by Crippen LogP contribution is 2.31. The average Bonchev–Trinajstić information content (AvgIpc) is 2.65. The van der Waals surface area contributed by atoms with Gasteiger partial charge in [0.2, 0.25) is 0 Å². The van der Waals surface area contributed by atoms with E-state index in [1.807, 2.05) is 12.1 Å². The Hall–Kier alpha value is -1.59. The summed E-state index contributed by atoms with van der Waals surface area (Å²) in [7, 11) is 1.45. The molecule has 1 N–H and O–H groups in total. The van der Waals surface area contributed by atoms with Crippen LogP contribution in [0.5, 0.6) is 0 Å². The first-order valence-electron chi connectivity index (χ1n) is 8.42. The molecule has 2 aromatic carbocycles. The van der Waals surface area contributed by atoms with E-state index in [-0.39, 0.29) is 42.9 Å². The van der Waals surface area contributed by atoms with Gasteiger partial charge in [0.1, 0.15) is 0 Å². The van der Waals surface area contributed by atoms with Crippen LogP contribution in [0.3, 0.4) is 0 Å². The van der Waals surface area contributed by atoms with Crippen LogP contribution in [-0.2, 0) is 9.53 Å². The highest BCUT2D eigenvalue weighted by atomic mass is 35.5. The van der Waals surface area contributed by atoms with Gasteiger partial charge in [-0.3, -0.25) is 9.69 Å². The number of esters is 1. The summed E-state index contributed by atoms with van der Waals surface area (Å²) in [5.74, 6) is -0.159. The molecular formula is C20H26Cl2N2O2. The minimum atomic E-state index is -0.159. The van der Waals surface area contributed by atoms with Crippen molar-refractivity contribution in [3.8, 4) is 0 Å². The molecule has 26 heavy (non-hydrogen) atoms. The fraction of sp³-hybridized carbons (Fsp3) is 0.350. The van der Waals surface area contributed by atoms with Crippen LogP contribution < -0.4 is 5.32 Å². The van der Waals surface area contributed by atoms with E-state index in [9.17, 15) is 4.79 Å². The summed E-state index contributed by atoms with van der Waals surface area (Å²) in [4.78, 5) is 14.3. The lowest BCUT2D eigenvalue weighted by Gasteiger charge is -2.41. The van der Waals surface area contributed by atoms with E-state index in [2.05, 4.69) is 58.7 Å². The first kappa shape index (κ1) is 22.5. The number of halogens is 2. The predicted molar refractivity (Wildman–Crippen MR) is 109 cm³/mol. The van der Waals surface area contributed by atoms with Crippen molar-refractivity contribution in [2.24, 2.45) is 0 Å². The summed E-state index contributed by atoms with van der Waals surface area (Å²) in [6.45, 7) is 2.62. The third kappa shape index (κ3) is 5.45. The van der Waals surface area contributed by atoms with Crippen molar-refractivity contribution in [3.63, 3.8) is 0 Å². The lowest BCUT2D eigenvalue weighted by atomic mass is 9.94. The Balaban J connectivity index is 0.00000169. The van der Waals surface area contributed by atoms with E-state index < -0.39 is 0 Å². The largest absolute Gasteiger partial charge is 0.469 e. The van der Waals surface area contributed by atoms with Gasteiger partial charge in [0.05, 0.1) is 19.6 Å². The highest BCUT2D eigenvalue weighted by Gasteiger charge is 2.32. The molecule has 0 aromatic heterocycles. The van der Waals surface area contributed by atoms with E-state index in [1.165, 1.54) is 18.2 Å². The Morgan fingerprint density at radius 3 is 2.12 bits per heavy atom. The average molecular weight is 397 g/mol. The number of rotatable bonds is 5. The normalized spacial score (nSPS) is 17.1. The lowest BCUT2D eigenvalue weighted by Crippen LogP contribution is -2.53. The molecule has 4 nitrogen and oxygen atoms in total. The Morgan fingerprint density at radius 2 is 1.62 bits per heavy atom. The van der Waals surface area contributed by atoms with Crippen molar-refractivity contribution in [2.45, 2.75) is 18.5 Å². The van der Waals surface area contributed by atoms with Crippen LogP contribution in [0.25, 0.3) is 0 Å². The Morgan fingerprint density at radius 1 is 1.08 bits per heavy atom. The second-order valence-corrected chi connectivity index (χ2v) is 6.10. The van der Waals surface area contributed by atoms with E-state index >= 15 is 0 Å². The monoisotopic (exact) mass is 396 g/mol. The third-order valence-electron chi connectivity index (χ3n) is 4.59. The number of piperazine rings is 1. The van der Waals surface area contributed by atoms with Crippen molar-refractivity contribution in [3.05, 3.63) is 71.8 Å². The quantitative estimate of drug-likeness (QED) is 0.785. The molecule has 1 aliphatic heterocycles. The van der Waals surface area contributed by atoms with Gasteiger partial charge in [0.25, 0.3) is 0 Å². The number of carbonyl (C=O) groups is 1. The molecule has 6 heteroatoms. The zero-order valence-corrected chi connectivity index (χ0v) is 16.5. The Kier molecular flexibility index (Phi) is 9.66. The molecule has 2 aromatic rings. The number of benzene rings is 2. The number of methoxy groups -OCH3 is 1. The van der Waals surface area contributed by atoms with Crippen LogP contribution in [0.15, 0.2) is 60.7 Å². The summed E-state index contributed by atoms with van der Waals surface area (Å²) in [5, 5.41) is 3.40. The van der Waals surface area contributed by atoms with Crippen LogP contribution in [0.1, 0.15) is 23.6 Å². The lowest BCUT2D eigenvalue weighted by molar-refractivity contribution is -0.142. The van der Waals surface area contributed by atoms with Crippen LogP contribution >= 0.6 is 24.8 Å². The van der Waals surface area contributed by atoms with Gasteiger partial charge in [0.15, 0.2) is 0 Å². The van der Waals surface area contributed by atoms with Crippen molar-refractivity contribution < 1.29 is 9.53 Å². The second kappa shape index (κ2) is 11.2. The van der Waals surface area contributed by atoms with Crippen molar-refractivity contribution >= 4 is 30.8 Å². The minimum absolute atomic E-state index is 0. The first-order chi connectivity index (χ1) is 11.8. The summed E-state index contributed by atoms with van der Waals surface area (Å²) in [6, 6.07) is 21.3. The van der Waals surface area contributed by atoms with Crippen molar-refractivity contribution in [1.29, 1.82) is 0 Å². The Bertz CT molecular complexity index is 616. The molecule has 0 bridgehead atoms. The van der Waals surface area contributed by atoms with Gasteiger partial charge in [-0.05, 0) is 11.1 Å². The molecule has 0 aliphatic carbocycles. The van der Waals surface area contributed by atoms with Crippen LogP contribution in [-0.4, -0.2) is 43.7 Å². The van der Waals surface area contributed by atoms with Crippen LogP contribution in [0, 0.1) is 0 Å². The minimum Gasteiger partial charge on any atom is -0.469 e. The molecule has 0 amide bonds. The smallest absolute Gasteiger partial charge is 0.307 e. The topological polar surface area (TPSA) is 41.6 Å². The maximum Gasteiger partial charge on any atom is 0.307 e. The molecule has 1 unspecified atom stereocenters.